The van der Waals surface area contributed by atoms with E-state index in [0.717, 1.165) is 0 Å². The Morgan fingerprint density at radius 1 is 1.62 bits per heavy atom. The van der Waals surface area contributed by atoms with Gasteiger partial charge in [-0.3, -0.25) is 4.79 Å². The molecule has 0 aromatic heterocycles. The average molecular weight is 118 g/mol. The van der Waals surface area contributed by atoms with Crippen LogP contribution in [0.1, 0.15) is 13.8 Å². The standard InChI is InChI=1S/C5H11NO2/c1-3(2)4(6)5(7)8/h3-4H,6H2,1-2H3,(H,7,8)/i6+1. The number of rotatable bonds is 2. The molecule has 0 saturated carbocycles. The van der Waals surface area contributed by atoms with Gasteiger partial charge < -0.3 is 10.8 Å². The van der Waals surface area contributed by atoms with E-state index in [1.54, 1.807) is 13.8 Å². The first kappa shape index (κ1) is 7.43. The minimum Gasteiger partial charge on any atom is -0.480 e. The third-order valence-corrected chi connectivity index (χ3v) is 1.00. The smallest absolute Gasteiger partial charge is 0.320 e. The average Bonchev–Trinajstić information content (AvgIpc) is 1.64. The van der Waals surface area contributed by atoms with Gasteiger partial charge in [0.15, 0.2) is 0 Å². The Balaban J connectivity index is 3.64. The molecule has 0 bridgehead atoms. The van der Waals surface area contributed by atoms with Crippen LogP contribution in [0.5, 0.6) is 0 Å². The third kappa shape index (κ3) is 1.93. The second-order valence-corrected chi connectivity index (χ2v) is 2.11. The van der Waals surface area contributed by atoms with Crippen molar-refractivity contribution in [2.45, 2.75) is 19.9 Å². The lowest BCUT2D eigenvalue weighted by Gasteiger charge is -2.07. The van der Waals surface area contributed by atoms with E-state index < -0.39 is 12.0 Å². The maximum atomic E-state index is 10.0. The number of hydrogen-bond acceptors (Lipinski definition) is 2. The SMILES string of the molecule is CC(C)C([15NH2])C(=O)O. The monoisotopic (exact) mass is 118 g/mol. The van der Waals surface area contributed by atoms with Crippen molar-refractivity contribution in [2.75, 3.05) is 0 Å². The van der Waals surface area contributed by atoms with E-state index in [9.17, 15) is 4.79 Å². The molecule has 0 saturated heterocycles. The molecule has 3 nitrogen and oxygen atoms in total. The summed E-state index contributed by atoms with van der Waals surface area (Å²) < 4.78 is 0. The Morgan fingerprint density at radius 2 is 2.00 bits per heavy atom. The van der Waals surface area contributed by atoms with Crippen molar-refractivity contribution < 1.29 is 9.90 Å². The van der Waals surface area contributed by atoms with Crippen LogP contribution in [0.15, 0.2) is 0 Å². The zero-order valence-electron chi connectivity index (χ0n) is 5.09. The predicted octanol–water partition coefficient (Wildman–Crippen LogP) is 0.0543. The van der Waals surface area contributed by atoms with Crippen molar-refractivity contribution >= 4 is 5.97 Å². The largest absolute Gasteiger partial charge is 0.480 e. The second kappa shape index (κ2) is 2.67. The summed E-state index contributed by atoms with van der Waals surface area (Å²) in [5, 5.41) is 8.23. The number of aliphatic carboxylic acids is 1. The van der Waals surface area contributed by atoms with Crippen LogP contribution in [-0.4, -0.2) is 17.1 Å². The number of carboxylic acids is 1. The van der Waals surface area contributed by atoms with E-state index in [0.29, 0.717) is 0 Å². The molecule has 0 fully saturated rings. The highest BCUT2D eigenvalue weighted by molar-refractivity contribution is 5.73. The molecule has 0 spiro atoms. The van der Waals surface area contributed by atoms with Crippen molar-refractivity contribution in [3.63, 3.8) is 0 Å². The summed E-state index contributed by atoms with van der Waals surface area (Å²) >= 11 is 0. The number of hydrogen-bond donors (Lipinski definition) is 2. The minimum atomic E-state index is -0.931. The normalized spacial score (nSPS) is 14.0. The van der Waals surface area contributed by atoms with E-state index in [1.807, 2.05) is 0 Å². The third-order valence-electron chi connectivity index (χ3n) is 1.00. The molecule has 0 aromatic rings. The van der Waals surface area contributed by atoms with E-state index >= 15 is 0 Å². The van der Waals surface area contributed by atoms with E-state index in [2.05, 4.69) is 0 Å². The molecule has 0 amide bonds. The fourth-order valence-corrected chi connectivity index (χ4v) is 0.285. The van der Waals surface area contributed by atoms with Gasteiger partial charge in [-0.25, -0.2) is 0 Å². The lowest BCUT2D eigenvalue weighted by Crippen LogP contribution is -2.34. The second-order valence-electron chi connectivity index (χ2n) is 2.11. The summed E-state index contributed by atoms with van der Waals surface area (Å²) in [6.45, 7) is 3.55. The molecule has 0 rings (SSSR count). The van der Waals surface area contributed by atoms with Crippen molar-refractivity contribution in [1.82, 2.24) is 0 Å². The van der Waals surface area contributed by atoms with E-state index in [-0.39, 0.29) is 5.92 Å². The minimum absolute atomic E-state index is 0.0208. The number of carboxylic acid groups (broad SMARTS) is 1. The quantitative estimate of drug-likeness (QED) is 0.504. The van der Waals surface area contributed by atoms with Gasteiger partial charge in [0.2, 0.25) is 0 Å². The highest BCUT2D eigenvalue weighted by atomic mass is 16.4. The number of carbonyl (C=O) groups is 1. The molecule has 0 heterocycles. The molecule has 0 aliphatic heterocycles. The van der Waals surface area contributed by atoms with Crippen LogP contribution in [0, 0.1) is 5.92 Å². The summed E-state index contributed by atoms with van der Waals surface area (Å²) in [6, 6.07) is -0.713. The first-order chi connectivity index (χ1) is 3.55. The van der Waals surface area contributed by atoms with E-state index in [4.69, 9.17) is 10.8 Å². The lowest BCUT2D eigenvalue weighted by atomic mass is 10.1. The van der Waals surface area contributed by atoms with Gasteiger partial charge in [0.25, 0.3) is 0 Å². The van der Waals surface area contributed by atoms with Crippen LogP contribution in [0.2, 0.25) is 0 Å². The summed E-state index contributed by atoms with van der Waals surface area (Å²) in [5.74, 6) is -0.910. The Labute approximate surface area is 48.5 Å². The summed E-state index contributed by atoms with van der Waals surface area (Å²) in [7, 11) is 0. The summed E-state index contributed by atoms with van der Waals surface area (Å²) in [6.07, 6.45) is 0. The van der Waals surface area contributed by atoms with Crippen LogP contribution in [0.4, 0.5) is 0 Å². The van der Waals surface area contributed by atoms with Gasteiger partial charge >= 0.3 is 5.97 Å². The number of nitrogens with two attached hydrogens (primary N) is 1. The maximum Gasteiger partial charge on any atom is 0.320 e. The first-order valence-electron chi connectivity index (χ1n) is 2.54. The molecule has 0 radical (unpaired) electrons. The highest BCUT2D eigenvalue weighted by Gasteiger charge is 2.14. The molecule has 0 aliphatic carbocycles. The fraction of sp³-hybridized carbons (Fsp3) is 0.800. The highest BCUT2D eigenvalue weighted by Crippen LogP contribution is 1.96. The first-order valence-corrected chi connectivity index (χ1v) is 2.54. The maximum absolute atomic E-state index is 10.0. The van der Waals surface area contributed by atoms with Gasteiger partial charge in [-0.2, -0.15) is 0 Å². The van der Waals surface area contributed by atoms with Gasteiger partial charge in [-0.1, -0.05) is 13.8 Å². The Morgan fingerprint density at radius 3 is 2.00 bits per heavy atom. The molecule has 0 aromatic carbocycles. The van der Waals surface area contributed by atoms with Crippen molar-refractivity contribution in [3.05, 3.63) is 0 Å². The molecule has 0 aliphatic rings. The lowest BCUT2D eigenvalue weighted by molar-refractivity contribution is -0.139. The fourth-order valence-electron chi connectivity index (χ4n) is 0.285. The van der Waals surface area contributed by atoms with Crippen molar-refractivity contribution in [3.8, 4) is 0 Å². The van der Waals surface area contributed by atoms with Crippen LogP contribution < -0.4 is 5.73 Å². The van der Waals surface area contributed by atoms with Crippen LogP contribution in [0.3, 0.4) is 0 Å². The van der Waals surface area contributed by atoms with E-state index in [1.165, 1.54) is 0 Å². The topological polar surface area (TPSA) is 63.3 Å². The summed E-state index contributed by atoms with van der Waals surface area (Å²) in [5.41, 5.74) is 5.16. The Hall–Kier alpha value is -0.570. The Kier molecular flexibility index (Phi) is 2.48. The summed E-state index contributed by atoms with van der Waals surface area (Å²) in [4.78, 5) is 10.0. The van der Waals surface area contributed by atoms with Crippen molar-refractivity contribution in [2.24, 2.45) is 11.7 Å². The van der Waals surface area contributed by atoms with Crippen LogP contribution in [-0.2, 0) is 4.79 Å². The van der Waals surface area contributed by atoms with Crippen molar-refractivity contribution in [1.29, 1.82) is 0 Å². The zero-order valence-corrected chi connectivity index (χ0v) is 5.09. The molecular formula is C5H11NO2. The predicted molar refractivity (Wildman–Crippen MR) is 30.4 cm³/mol. The molecule has 8 heavy (non-hydrogen) atoms. The van der Waals surface area contributed by atoms with Gasteiger partial charge in [-0.05, 0) is 5.92 Å². The molecule has 3 N–H and O–H groups in total. The molecule has 1 atom stereocenters. The molecular weight excluding hydrogens is 107 g/mol. The molecule has 3 heteroatoms. The Bertz CT molecular complexity index is 90.4. The van der Waals surface area contributed by atoms with Gasteiger partial charge in [0.05, 0.1) is 0 Å². The van der Waals surface area contributed by atoms with Gasteiger partial charge in [0, 0.05) is 0 Å². The van der Waals surface area contributed by atoms with Gasteiger partial charge in [-0.15, -0.1) is 0 Å². The van der Waals surface area contributed by atoms with Gasteiger partial charge in [0.1, 0.15) is 6.04 Å². The molecule has 48 valence electrons. The zero-order chi connectivity index (χ0) is 6.73. The molecule has 1 unspecified atom stereocenters. The van der Waals surface area contributed by atoms with Crippen LogP contribution >= 0.6 is 0 Å². The van der Waals surface area contributed by atoms with Crippen LogP contribution in [0.25, 0.3) is 0 Å².